The molecule has 2 nitrogen and oxygen atoms in total. The first-order chi connectivity index (χ1) is 7.51. The number of aliphatic hydroxyl groups is 1. The van der Waals surface area contributed by atoms with Crippen LogP contribution in [0.15, 0.2) is 34.2 Å². The predicted molar refractivity (Wildman–Crippen MR) is 64.9 cm³/mol. The molecule has 0 fully saturated rings. The van der Waals surface area contributed by atoms with Gasteiger partial charge in [0.15, 0.2) is 0 Å². The average molecular weight is 302 g/mol. The van der Waals surface area contributed by atoms with E-state index in [1.165, 1.54) is 23.5 Å². The Morgan fingerprint density at radius 3 is 2.69 bits per heavy atom. The summed E-state index contributed by atoms with van der Waals surface area (Å²) in [4.78, 5) is 4.66. The molecule has 0 aliphatic rings. The van der Waals surface area contributed by atoms with Crippen LogP contribution in [0.1, 0.15) is 17.5 Å². The summed E-state index contributed by atoms with van der Waals surface area (Å²) in [5, 5.41) is 12.3. The smallest absolute Gasteiger partial charge is 0.141 e. The van der Waals surface area contributed by atoms with Crippen LogP contribution < -0.4 is 0 Å². The van der Waals surface area contributed by atoms with Crippen LogP contribution in [0, 0.1) is 5.82 Å². The van der Waals surface area contributed by atoms with Crippen LogP contribution >= 0.6 is 27.3 Å². The number of hydrogen-bond donors (Lipinski definition) is 1. The van der Waals surface area contributed by atoms with E-state index in [0.717, 1.165) is 15.5 Å². The van der Waals surface area contributed by atoms with Crippen molar-refractivity contribution in [3.63, 3.8) is 0 Å². The second-order valence-corrected chi connectivity index (χ2v) is 5.30. The molecule has 16 heavy (non-hydrogen) atoms. The summed E-state index contributed by atoms with van der Waals surface area (Å²) in [7, 11) is 0. The largest absolute Gasteiger partial charge is 0.378 e. The van der Waals surface area contributed by atoms with Crippen LogP contribution in [0.4, 0.5) is 4.39 Å². The molecule has 0 aromatic carbocycles. The molecule has 0 saturated heterocycles. The molecule has 0 aliphatic heterocycles. The molecule has 0 saturated carbocycles. The summed E-state index contributed by atoms with van der Waals surface area (Å²) >= 11 is 4.79. The summed E-state index contributed by atoms with van der Waals surface area (Å²) in [5.41, 5.74) is -0.780. The normalized spacial score (nSPS) is 14.8. The molecule has 5 heteroatoms. The third-order valence-corrected chi connectivity index (χ3v) is 4.33. The van der Waals surface area contributed by atoms with E-state index in [-0.39, 0.29) is 0 Å². The highest BCUT2D eigenvalue weighted by Crippen LogP contribution is 2.36. The van der Waals surface area contributed by atoms with Crippen molar-refractivity contribution in [2.24, 2.45) is 0 Å². The third kappa shape index (κ3) is 2.03. The zero-order valence-electron chi connectivity index (χ0n) is 8.45. The Labute approximate surface area is 105 Å². The molecule has 2 aromatic heterocycles. The van der Waals surface area contributed by atoms with Crippen molar-refractivity contribution in [1.82, 2.24) is 4.98 Å². The van der Waals surface area contributed by atoms with Crippen LogP contribution in [-0.4, -0.2) is 10.1 Å². The number of aromatic nitrogens is 1. The summed E-state index contributed by atoms with van der Waals surface area (Å²) in [6, 6.07) is 4.64. The second kappa shape index (κ2) is 4.24. The molecule has 0 amide bonds. The van der Waals surface area contributed by atoms with Crippen LogP contribution in [0.5, 0.6) is 0 Å². The summed E-state index contributed by atoms with van der Waals surface area (Å²) in [6.45, 7) is 1.64. The third-order valence-electron chi connectivity index (χ3n) is 2.29. The maximum atomic E-state index is 12.7. The number of halogens is 2. The minimum Gasteiger partial charge on any atom is -0.378 e. The molecular formula is C11H9BrFNOS. The monoisotopic (exact) mass is 301 g/mol. The summed E-state index contributed by atoms with van der Waals surface area (Å²) in [5.74, 6) is -0.412. The van der Waals surface area contributed by atoms with Gasteiger partial charge in [0.2, 0.25) is 0 Å². The van der Waals surface area contributed by atoms with Gasteiger partial charge < -0.3 is 5.11 Å². The number of thiophene rings is 1. The van der Waals surface area contributed by atoms with E-state index in [4.69, 9.17) is 0 Å². The lowest BCUT2D eigenvalue weighted by Crippen LogP contribution is -2.23. The van der Waals surface area contributed by atoms with Crippen molar-refractivity contribution in [3.05, 3.63) is 50.6 Å². The van der Waals surface area contributed by atoms with E-state index in [2.05, 4.69) is 20.9 Å². The lowest BCUT2D eigenvalue weighted by Gasteiger charge is -2.21. The Hall–Kier alpha value is -0.780. The average Bonchev–Trinajstić information content (AvgIpc) is 2.66. The van der Waals surface area contributed by atoms with Crippen LogP contribution in [0.2, 0.25) is 0 Å². The van der Waals surface area contributed by atoms with Crippen molar-refractivity contribution in [3.8, 4) is 0 Å². The molecule has 1 N–H and O–H groups in total. The Balaban J connectivity index is 2.46. The fourth-order valence-corrected chi connectivity index (χ4v) is 3.25. The van der Waals surface area contributed by atoms with Gasteiger partial charge in [-0.05, 0) is 46.4 Å². The van der Waals surface area contributed by atoms with E-state index in [9.17, 15) is 9.50 Å². The Kier molecular flexibility index (Phi) is 3.10. The highest BCUT2D eigenvalue weighted by Gasteiger charge is 2.30. The van der Waals surface area contributed by atoms with Crippen molar-refractivity contribution < 1.29 is 9.50 Å². The Morgan fingerprint density at radius 1 is 1.44 bits per heavy atom. The highest BCUT2D eigenvalue weighted by molar-refractivity contribution is 9.10. The minimum atomic E-state index is -1.21. The molecule has 1 atom stereocenters. The molecule has 2 heterocycles. The standard InChI is InChI=1S/C11H9BrFNOS/c1-11(15,10-8(12)4-5-16-10)9-3-2-7(13)6-14-9/h2-6,15H,1H3. The molecule has 0 spiro atoms. The van der Waals surface area contributed by atoms with Crippen LogP contribution in [-0.2, 0) is 5.60 Å². The van der Waals surface area contributed by atoms with E-state index in [0.29, 0.717) is 5.69 Å². The van der Waals surface area contributed by atoms with Crippen molar-refractivity contribution in [1.29, 1.82) is 0 Å². The summed E-state index contributed by atoms with van der Waals surface area (Å²) in [6.07, 6.45) is 1.10. The van der Waals surface area contributed by atoms with Crippen LogP contribution in [0.25, 0.3) is 0 Å². The Bertz CT molecular complexity index is 495. The molecule has 2 aromatic rings. The molecule has 2 rings (SSSR count). The highest BCUT2D eigenvalue weighted by atomic mass is 79.9. The van der Waals surface area contributed by atoms with E-state index in [1.807, 2.05) is 11.4 Å². The van der Waals surface area contributed by atoms with Crippen LogP contribution in [0.3, 0.4) is 0 Å². The fourth-order valence-electron chi connectivity index (χ4n) is 1.42. The zero-order valence-corrected chi connectivity index (χ0v) is 10.8. The SMILES string of the molecule is CC(O)(c1ccc(F)cn1)c1sccc1Br. The molecule has 1 unspecified atom stereocenters. The van der Waals surface area contributed by atoms with E-state index >= 15 is 0 Å². The number of hydrogen-bond acceptors (Lipinski definition) is 3. The van der Waals surface area contributed by atoms with Gasteiger partial charge in [-0.25, -0.2) is 4.39 Å². The Morgan fingerprint density at radius 2 is 2.19 bits per heavy atom. The van der Waals surface area contributed by atoms with Gasteiger partial charge in [-0.3, -0.25) is 4.98 Å². The maximum Gasteiger partial charge on any atom is 0.141 e. The summed E-state index contributed by atoms with van der Waals surface area (Å²) < 4.78 is 13.6. The van der Waals surface area contributed by atoms with Gasteiger partial charge >= 0.3 is 0 Å². The van der Waals surface area contributed by atoms with Gasteiger partial charge in [0, 0.05) is 4.47 Å². The zero-order chi connectivity index (χ0) is 11.8. The van der Waals surface area contributed by atoms with Gasteiger partial charge in [0.1, 0.15) is 11.4 Å². The van der Waals surface area contributed by atoms with Gasteiger partial charge in [0.05, 0.1) is 16.8 Å². The maximum absolute atomic E-state index is 12.7. The fraction of sp³-hybridized carbons (Fsp3) is 0.182. The molecule has 0 bridgehead atoms. The van der Waals surface area contributed by atoms with Gasteiger partial charge in [-0.15, -0.1) is 11.3 Å². The first-order valence-corrected chi connectivity index (χ1v) is 6.27. The number of nitrogens with zero attached hydrogens (tertiary/aromatic N) is 1. The first-order valence-electron chi connectivity index (χ1n) is 4.59. The molecule has 0 aliphatic carbocycles. The molecule has 0 radical (unpaired) electrons. The van der Waals surface area contributed by atoms with E-state index < -0.39 is 11.4 Å². The molecule has 84 valence electrons. The molecular weight excluding hydrogens is 293 g/mol. The van der Waals surface area contributed by atoms with Gasteiger partial charge in [-0.2, -0.15) is 0 Å². The van der Waals surface area contributed by atoms with Crippen molar-refractivity contribution >= 4 is 27.3 Å². The second-order valence-electron chi connectivity index (χ2n) is 3.53. The number of pyridine rings is 1. The van der Waals surface area contributed by atoms with Gasteiger partial charge in [0.25, 0.3) is 0 Å². The topological polar surface area (TPSA) is 33.1 Å². The van der Waals surface area contributed by atoms with Gasteiger partial charge in [-0.1, -0.05) is 0 Å². The lowest BCUT2D eigenvalue weighted by molar-refractivity contribution is 0.100. The lowest BCUT2D eigenvalue weighted by atomic mass is 10.00. The minimum absolute atomic E-state index is 0.412. The van der Waals surface area contributed by atoms with Crippen molar-refractivity contribution in [2.45, 2.75) is 12.5 Å². The number of rotatable bonds is 2. The predicted octanol–water partition coefficient (Wildman–Crippen LogP) is 3.30. The van der Waals surface area contributed by atoms with Crippen molar-refractivity contribution in [2.75, 3.05) is 0 Å². The quantitative estimate of drug-likeness (QED) is 0.923. The van der Waals surface area contributed by atoms with E-state index in [1.54, 1.807) is 6.92 Å². The first kappa shape index (κ1) is 11.7.